The molecule has 2 aromatic rings. The summed E-state index contributed by atoms with van der Waals surface area (Å²) in [6.45, 7) is 0. The Morgan fingerprint density at radius 2 is 1.42 bits per heavy atom. The molecular weight excluding hydrogens is 308 g/mol. The first-order chi connectivity index (χ1) is 11.6. The van der Waals surface area contributed by atoms with E-state index >= 15 is 0 Å². The number of rotatable bonds is 7. The molecule has 0 aliphatic rings. The Kier molecular flexibility index (Phi) is 5.84. The number of allylic oxidation sites excluding steroid dienone is 1. The minimum absolute atomic E-state index is 0.105. The predicted octanol–water partition coefficient (Wildman–Crippen LogP) is 3.62. The van der Waals surface area contributed by atoms with E-state index in [9.17, 15) is 4.79 Å². The summed E-state index contributed by atoms with van der Waals surface area (Å²) in [4.78, 5) is 12.2. The van der Waals surface area contributed by atoms with E-state index in [4.69, 9.17) is 18.9 Å². The van der Waals surface area contributed by atoms with Crippen LogP contribution in [0.4, 0.5) is 0 Å². The van der Waals surface area contributed by atoms with Crippen molar-refractivity contribution < 1.29 is 23.7 Å². The maximum atomic E-state index is 12.2. The van der Waals surface area contributed by atoms with Gasteiger partial charge in [-0.15, -0.1) is 0 Å². The molecule has 0 fully saturated rings. The van der Waals surface area contributed by atoms with E-state index in [2.05, 4.69) is 0 Å². The first-order valence-corrected chi connectivity index (χ1v) is 7.29. The maximum Gasteiger partial charge on any atom is 0.203 e. The number of carbonyl (C=O) groups is 1. The molecule has 0 aliphatic carbocycles. The highest BCUT2D eigenvalue weighted by Gasteiger charge is 2.12. The number of methoxy groups -OCH3 is 4. The van der Waals surface area contributed by atoms with E-state index in [0.29, 0.717) is 28.6 Å². The van der Waals surface area contributed by atoms with Gasteiger partial charge in [0.15, 0.2) is 17.3 Å². The van der Waals surface area contributed by atoms with Crippen molar-refractivity contribution in [2.24, 2.45) is 0 Å². The smallest absolute Gasteiger partial charge is 0.203 e. The molecule has 126 valence electrons. The highest BCUT2D eigenvalue weighted by Crippen LogP contribution is 2.38. The second-order valence-corrected chi connectivity index (χ2v) is 4.88. The van der Waals surface area contributed by atoms with Gasteiger partial charge in [0.05, 0.1) is 28.4 Å². The quantitative estimate of drug-likeness (QED) is 0.574. The first-order valence-electron chi connectivity index (χ1n) is 7.29. The molecule has 0 bridgehead atoms. The summed E-state index contributed by atoms with van der Waals surface area (Å²) in [6, 6.07) is 10.5. The average Bonchev–Trinajstić information content (AvgIpc) is 2.65. The van der Waals surface area contributed by atoms with Crippen LogP contribution in [-0.4, -0.2) is 34.2 Å². The van der Waals surface area contributed by atoms with Gasteiger partial charge in [0.25, 0.3) is 0 Å². The van der Waals surface area contributed by atoms with Crippen molar-refractivity contribution in [3.8, 4) is 23.0 Å². The van der Waals surface area contributed by atoms with Crippen LogP contribution in [0.1, 0.15) is 15.9 Å². The summed E-state index contributed by atoms with van der Waals surface area (Å²) in [6.07, 6.45) is 3.21. The molecule has 0 amide bonds. The van der Waals surface area contributed by atoms with Crippen molar-refractivity contribution in [3.63, 3.8) is 0 Å². The fraction of sp³-hybridized carbons (Fsp3) is 0.211. The number of benzene rings is 2. The molecule has 0 atom stereocenters. The lowest BCUT2D eigenvalue weighted by molar-refractivity contribution is 0.104. The highest BCUT2D eigenvalue weighted by atomic mass is 16.5. The lowest BCUT2D eigenvalue weighted by Gasteiger charge is -2.12. The zero-order chi connectivity index (χ0) is 17.5. The standard InChI is InChI=1S/C19H20O5/c1-21-15-8-6-14(7-9-15)16(20)10-5-13-11-17(22-2)19(24-4)18(12-13)23-3/h5-12H,1-4H3/b10-5+. The highest BCUT2D eigenvalue weighted by molar-refractivity contribution is 6.06. The average molecular weight is 328 g/mol. The third-order valence-corrected chi connectivity index (χ3v) is 3.49. The van der Waals surface area contributed by atoms with Gasteiger partial charge in [-0.2, -0.15) is 0 Å². The van der Waals surface area contributed by atoms with E-state index in [1.165, 1.54) is 6.08 Å². The number of carbonyl (C=O) groups excluding carboxylic acids is 1. The van der Waals surface area contributed by atoms with Crippen LogP contribution in [0.25, 0.3) is 6.08 Å². The van der Waals surface area contributed by atoms with Crippen LogP contribution in [0, 0.1) is 0 Å². The van der Waals surface area contributed by atoms with Crippen molar-refractivity contribution >= 4 is 11.9 Å². The summed E-state index contributed by atoms with van der Waals surface area (Å²) < 4.78 is 21.0. The zero-order valence-corrected chi connectivity index (χ0v) is 14.2. The monoisotopic (exact) mass is 328 g/mol. The van der Waals surface area contributed by atoms with Gasteiger partial charge in [0.1, 0.15) is 5.75 Å². The Hall–Kier alpha value is -2.95. The molecule has 0 radical (unpaired) electrons. The third-order valence-electron chi connectivity index (χ3n) is 3.49. The SMILES string of the molecule is COc1ccc(C(=O)/C=C/c2cc(OC)c(OC)c(OC)c2)cc1. The summed E-state index contributed by atoms with van der Waals surface area (Å²) >= 11 is 0. The molecule has 2 aromatic carbocycles. The molecule has 2 rings (SSSR count). The van der Waals surface area contributed by atoms with Crippen LogP contribution in [0.3, 0.4) is 0 Å². The van der Waals surface area contributed by atoms with E-state index in [-0.39, 0.29) is 5.78 Å². The largest absolute Gasteiger partial charge is 0.497 e. The van der Waals surface area contributed by atoms with Gasteiger partial charge in [0.2, 0.25) is 5.75 Å². The Morgan fingerprint density at radius 1 is 0.833 bits per heavy atom. The number of ether oxygens (including phenoxy) is 4. The van der Waals surface area contributed by atoms with Crippen LogP contribution in [0.5, 0.6) is 23.0 Å². The summed E-state index contributed by atoms with van der Waals surface area (Å²) in [5.41, 5.74) is 1.35. The normalized spacial score (nSPS) is 10.5. The lowest BCUT2D eigenvalue weighted by atomic mass is 10.1. The zero-order valence-electron chi connectivity index (χ0n) is 14.2. The van der Waals surface area contributed by atoms with Crippen LogP contribution in [0.15, 0.2) is 42.5 Å². The molecule has 5 heteroatoms. The molecule has 0 spiro atoms. The van der Waals surface area contributed by atoms with Crippen molar-refractivity contribution in [3.05, 3.63) is 53.6 Å². The predicted molar refractivity (Wildman–Crippen MR) is 92.5 cm³/mol. The van der Waals surface area contributed by atoms with Crippen molar-refractivity contribution in [1.29, 1.82) is 0 Å². The Morgan fingerprint density at radius 3 is 1.88 bits per heavy atom. The molecule has 0 aliphatic heterocycles. The second-order valence-electron chi connectivity index (χ2n) is 4.88. The molecule has 0 unspecified atom stereocenters. The summed E-state index contributed by atoms with van der Waals surface area (Å²) in [5.74, 6) is 2.19. The molecule has 0 N–H and O–H groups in total. The number of hydrogen-bond donors (Lipinski definition) is 0. The summed E-state index contributed by atoms with van der Waals surface area (Å²) in [7, 11) is 6.23. The third kappa shape index (κ3) is 3.87. The number of ketones is 1. The molecule has 5 nitrogen and oxygen atoms in total. The van der Waals surface area contributed by atoms with Crippen LogP contribution in [0.2, 0.25) is 0 Å². The molecule has 0 saturated heterocycles. The maximum absolute atomic E-state index is 12.2. The van der Waals surface area contributed by atoms with Crippen LogP contribution < -0.4 is 18.9 Å². The molecule has 0 aromatic heterocycles. The van der Waals surface area contributed by atoms with Gasteiger partial charge in [-0.25, -0.2) is 0 Å². The summed E-state index contributed by atoms with van der Waals surface area (Å²) in [5, 5.41) is 0. The van der Waals surface area contributed by atoms with Crippen molar-refractivity contribution in [2.75, 3.05) is 28.4 Å². The molecule has 0 heterocycles. The van der Waals surface area contributed by atoms with E-state index in [1.54, 1.807) is 70.9 Å². The number of hydrogen-bond acceptors (Lipinski definition) is 5. The topological polar surface area (TPSA) is 54.0 Å². The van der Waals surface area contributed by atoms with Crippen LogP contribution in [-0.2, 0) is 0 Å². The van der Waals surface area contributed by atoms with E-state index < -0.39 is 0 Å². The van der Waals surface area contributed by atoms with E-state index in [0.717, 1.165) is 5.56 Å². The van der Waals surface area contributed by atoms with E-state index in [1.807, 2.05) is 0 Å². The van der Waals surface area contributed by atoms with Crippen molar-refractivity contribution in [1.82, 2.24) is 0 Å². The van der Waals surface area contributed by atoms with Gasteiger partial charge < -0.3 is 18.9 Å². The first kappa shape index (κ1) is 17.4. The lowest BCUT2D eigenvalue weighted by Crippen LogP contribution is -1.96. The molecule has 0 saturated carbocycles. The van der Waals surface area contributed by atoms with Gasteiger partial charge in [-0.1, -0.05) is 6.08 Å². The fourth-order valence-corrected chi connectivity index (χ4v) is 2.22. The second kappa shape index (κ2) is 8.06. The van der Waals surface area contributed by atoms with Crippen LogP contribution >= 0.6 is 0 Å². The minimum atomic E-state index is -0.105. The molecular formula is C19H20O5. The Balaban J connectivity index is 2.25. The Bertz CT molecular complexity index is 707. The van der Waals surface area contributed by atoms with Gasteiger partial charge >= 0.3 is 0 Å². The Labute approximate surface area is 141 Å². The van der Waals surface area contributed by atoms with Gasteiger partial charge in [-0.05, 0) is 48.0 Å². The fourth-order valence-electron chi connectivity index (χ4n) is 2.22. The van der Waals surface area contributed by atoms with Gasteiger partial charge in [0, 0.05) is 5.56 Å². The molecule has 24 heavy (non-hydrogen) atoms. The van der Waals surface area contributed by atoms with Crippen molar-refractivity contribution in [2.45, 2.75) is 0 Å². The van der Waals surface area contributed by atoms with Gasteiger partial charge in [-0.3, -0.25) is 4.79 Å². The minimum Gasteiger partial charge on any atom is -0.497 e.